The lowest BCUT2D eigenvalue weighted by Gasteiger charge is -2.34. The van der Waals surface area contributed by atoms with Crippen molar-refractivity contribution in [2.75, 3.05) is 5.32 Å². The highest BCUT2D eigenvalue weighted by atomic mass is 79.9. The highest BCUT2D eigenvalue weighted by molar-refractivity contribution is 9.10. The van der Waals surface area contributed by atoms with Gasteiger partial charge in [0, 0.05) is 38.9 Å². The lowest BCUT2D eigenvalue weighted by molar-refractivity contribution is -0.116. The number of thiophene rings is 1. The van der Waals surface area contributed by atoms with Crippen LogP contribution in [-0.4, -0.2) is 16.0 Å². The van der Waals surface area contributed by atoms with Crippen LogP contribution in [0.1, 0.15) is 40.7 Å². The molecule has 0 saturated heterocycles. The first-order valence-corrected chi connectivity index (χ1v) is 10.4. The number of hydrogen-bond donors (Lipinski definition) is 3. The number of halogens is 1. The molecular weight excluding hydrogens is 426 g/mol. The van der Waals surface area contributed by atoms with E-state index in [9.17, 15) is 9.59 Å². The van der Waals surface area contributed by atoms with Crippen LogP contribution >= 0.6 is 27.3 Å². The van der Waals surface area contributed by atoms with Gasteiger partial charge in [-0.05, 0) is 35.6 Å². The van der Waals surface area contributed by atoms with Gasteiger partial charge in [0.1, 0.15) is 5.82 Å². The van der Waals surface area contributed by atoms with E-state index in [0.717, 1.165) is 27.7 Å². The summed E-state index contributed by atoms with van der Waals surface area (Å²) >= 11 is 5.19. The number of fused-ring (bicyclic) bond motifs is 1. The third-order valence-electron chi connectivity index (χ3n) is 5.30. The third kappa shape index (κ3) is 2.73. The summed E-state index contributed by atoms with van der Waals surface area (Å²) in [5, 5.41) is 11.0. The minimum absolute atomic E-state index is 0.110. The van der Waals surface area contributed by atoms with Gasteiger partial charge in [0.25, 0.3) is 5.56 Å². The van der Waals surface area contributed by atoms with Gasteiger partial charge in [0.2, 0.25) is 0 Å². The predicted octanol–water partition coefficient (Wildman–Crippen LogP) is 4.49. The average molecular weight is 442 g/mol. The van der Waals surface area contributed by atoms with E-state index in [1.165, 1.54) is 4.88 Å². The van der Waals surface area contributed by atoms with E-state index in [4.69, 9.17) is 0 Å². The number of aromatic nitrogens is 2. The van der Waals surface area contributed by atoms with E-state index >= 15 is 0 Å². The molecule has 0 spiro atoms. The molecule has 0 radical (unpaired) electrons. The SMILES string of the molecule is O=C1CC(c2cccs2)CC2=C1C(c1cccc(Br)c1)c1c([nH][nH]c1=O)N2. The fraction of sp³-hybridized carbons (Fsp3) is 0.200. The first-order valence-electron chi connectivity index (χ1n) is 8.74. The molecule has 3 heterocycles. The Morgan fingerprint density at radius 3 is 2.74 bits per heavy atom. The van der Waals surface area contributed by atoms with Crippen molar-refractivity contribution in [3.8, 4) is 0 Å². The monoisotopic (exact) mass is 441 g/mol. The zero-order valence-electron chi connectivity index (χ0n) is 14.2. The Hall–Kier alpha value is -2.38. The maximum atomic E-state index is 13.2. The van der Waals surface area contributed by atoms with E-state index in [1.807, 2.05) is 35.7 Å². The smallest absolute Gasteiger partial charge is 0.270 e. The van der Waals surface area contributed by atoms with Crippen LogP contribution in [0.25, 0.3) is 0 Å². The van der Waals surface area contributed by atoms with Crippen LogP contribution in [0.4, 0.5) is 5.82 Å². The molecule has 1 aliphatic carbocycles. The number of H-pyrrole nitrogens is 2. The number of rotatable bonds is 2. The summed E-state index contributed by atoms with van der Waals surface area (Å²) in [6, 6.07) is 11.9. The van der Waals surface area contributed by atoms with Gasteiger partial charge >= 0.3 is 0 Å². The standard InChI is InChI=1S/C20H16BrN3O2S/c21-12-4-1-3-10(7-12)16-17-13(22-19-18(16)20(26)24-23-19)8-11(9-14(17)25)15-5-2-6-27-15/h1-7,11,16H,8-9H2,(H3,22,23,24,26). The molecule has 2 aromatic heterocycles. The Kier molecular flexibility index (Phi) is 3.94. The lowest BCUT2D eigenvalue weighted by atomic mass is 9.74. The Balaban J connectivity index is 1.67. The van der Waals surface area contributed by atoms with Gasteiger partial charge in [-0.3, -0.25) is 19.8 Å². The van der Waals surface area contributed by atoms with Crippen LogP contribution in [0.3, 0.4) is 0 Å². The van der Waals surface area contributed by atoms with Crippen molar-refractivity contribution >= 4 is 38.9 Å². The Morgan fingerprint density at radius 2 is 1.96 bits per heavy atom. The van der Waals surface area contributed by atoms with Gasteiger partial charge in [-0.25, -0.2) is 0 Å². The molecule has 2 atom stereocenters. The normalized spacial score (nSPS) is 21.6. The highest BCUT2D eigenvalue weighted by Gasteiger charge is 2.40. The summed E-state index contributed by atoms with van der Waals surface area (Å²) in [6.45, 7) is 0. The van der Waals surface area contributed by atoms with Crippen LogP contribution in [0, 0.1) is 0 Å². The zero-order chi connectivity index (χ0) is 18.5. The minimum Gasteiger partial charge on any atom is -0.343 e. The number of anilines is 1. The number of Topliss-reactive ketones (excluding diaryl/α,β-unsaturated/α-hetero) is 1. The molecule has 5 nitrogen and oxygen atoms in total. The summed E-state index contributed by atoms with van der Waals surface area (Å²) in [6.07, 6.45) is 1.24. The number of ketones is 1. The Bertz CT molecular complexity index is 1130. The summed E-state index contributed by atoms with van der Waals surface area (Å²) in [5.41, 5.74) is 2.96. The first-order chi connectivity index (χ1) is 13.1. The summed E-state index contributed by atoms with van der Waals surface area (Å²) in [7, 11) is 0. The number of aromatic amines is 2. The Labute approximate surface area is 167 Å². The van der Waals surface area contributed by atoms with Crippen molar-refractivity contribution in [2.45, 2.75) is 24.7 Å². The number of allylic oxidation sites excluding steroid dienone is 2. The van der Waals surface area contributed by atoms with E-state index in [1.54, 1.807) is 11.3 Å². The molecule has 3 N–H and O–H groups in total. The summed E-state index contributed by atoms with van der Waals surface area (Å²) < 4.78 is 0.925. The van der Waals surface area contributed by atoms with Crippen molar-refractivity contribution < 1.29 is 4.79 Å². The second-order valence-corrected chi connectivity index (χ2v) is 8.81. The van der Waals surface area contributed by atoms with Gasteiger partial charge < -0.3 is 5.32 Å². The summed E-state index contributed by atoms with van der Waals surface area (Å²) in [4.78, 5) is 26.9. The summed E-state index contributed by atoms with van der Waals surface area (Å²) in [5.74, 6) is 0.585. The molecule has 0 saturated carbocycles. The van der Waals surface area contributed by atoms with Crippen LogP contribution < -0.4 is 10.9 Å². The average Bonchev–Trinajstić information content (AvgIpc) is 3.30. The Morgan fingerprint density at radius 1 is 1.07 bits per heavy atom. The van der Waals surface area contributed by atoms with Crippen LogP contribution in [0.15, 0.2) is 62.3 Å². The molecule has 0 amide bonds. The second kappa shape index (κ2) is 6.35. The molecular formula is C20H16BrN3O2S. The number of nitrogens with one attached hydrogen (secondary N) is 3. The predicted molar refractivity (Wildman–Crippen MR) is 109 cm³/mol. The van der Waals surface area contributed by atoms with Gasteiger partial charge in [0.15, 0.2) is 5.78 Å². The molecule has 2 unspecified atom stereocenters. The molecule has 5 rings (SSSR count). The minimum atomic E-state index is -0.361. The second-order valence-electron chi connectivity index (χ2n) is 6.92. The molecule has 27 heavy (non-hydrogen) atoms. The van der Waals surface area contributed by atoms with Crippen LogP contribution in [-0.2, 0) is 4.79 Å². The van der Waals surface area contributed by atoms with Gasteiger partial charge in [-0.2, -0.15) is 0 Å². The van der Waals surface area contributed by atoms with Gasteiger partial charge in [0.05, 0.1) is 5.56 Å². The van der Waals surface area contributed by atoms with E-state index in [0.29, 0.717) is 17.8 Å². The highest BCUT2D eigenvalue weighted by Crippen LogP contribution is 2.47. The molecule has 7 heteroatoms. The number of hydrogen-bond acceptors (Lipinski definition) is 4. The fourth-order valence-corrected chi connectivity index (χ4v) is 5.41. The topological polar surface area (TPSA) is 77.8 Å². The van der Waals surface area contributed by atoms with Crippen molar-refractivity contribution in [1.29, 1.82) is 0 Å². The van der Waals surface area contributed by atoms with Crippen molar-refractivity contribution in [2.24, 2.45) is 0 Å². The van der Waals surface area contributed by atoms with Crippen molar-refractivity contribution in [1.82, 2.24) is 10.2 Å². The largest absolute Gasteiger partial charge is 0.343 e. The van der Waals surface area contributed by atoms with Crippen LogP contribution in [0.5, 0.6) is 0 Å². The van der Waals surface area contributed by atoms with Crippen molar-refractivity contribution in [3.05, 3.63) is 83.9 Å². The zero-order valence-corrected chi connectivity index (χ0v) is 16.6. The van der Waals surface area contributed by atoms with E-state index in [-0.39, 0.29) is 23.2 Å². The third-order valence-corrected chi connectivity index (χ3v) is 6.83. The first kappa shape index (κ1) is 16.8. The lowest BCUT2D eigenvalue weighted by Crippen LogP contribution is -2.31. The molecule has 3 aromatic rings. The molecule has 0 bridgehead atoms. The maximum Gasteiger partial charge on any atom is 0.270 e. The molecule has 136 valence electrons. The maximum absolute atomic E-state index is 13.2. The van der Waals surface area contributed by atoms with Gasteiger partial charge in [-0.15, -0.1) is 11.3 Å². The molecule has 1 aromatic carbocycles. The molecule has 2 aliphatic rings. The van der Waals surface area contributed by atoms with Crippen molar-refractivity contribution in [3.63, 3.8) is 0 Å². The number of carbonyl (C=O) groups is 1. The molecule has 1 aliphatic heterocycles. The van der Waals surface area contributed by atoms with Gasteiger partial charge in [-0.1, -0.05) is 34.1 Å². The van der Waals surface area contributed by atoms with Crippen LogP contribution in [0.2, 0.25) is 0 Å². The number of carbonyl (C=O) groups excluding carboxylic acids is 1. The quantitative estimate of drug-likeness (QED) is 0.548. The number of benzene rings is 1. The fourth-order valence-electron chi connectivity index (χ4n) is 4.17. The van der Waals surface area contributed by atoms with E-state index < -0.39 is 0 Å². The molecule has 0 fully saturated rings. The van der Waals surface area contributed by atoms with E-state index in [2.05, 4.69) is 37.5 Å².